The Morgan fingerprint density at radius 2 is 2.10 bits per heavy atom. The van der Waals surface area contributed by atoms with E-state index in [1.54, 1.807) is 12.4 Å². The fourth-order valence-corrected chi connectivity index (χ4v) is 1.91. The standard InChI is InChI=1S/C15H18N4O2/c1-11(21)19-13-5-2-4-12(10-13)14-15(17-6-3-9-20)18-8-7-16-14/h2,4-5,7-8,10,20H,3,6,9H2,1H3,(H,17,18)(H,19,21). The van der Waals surface area contributed by atoms with Gasteiger partial charge in [0.2, 0.25) is 5.91 Å². The molecule has 0 saturated heterocycles. The molecule has 6 heteroatoms. The number of aliphatic hydroxyl groups is 1. The summed E-state index contributed by atoms with van der Waals surface area (Å²) in [4.78, 5) is 19.7. The van der Waals surface area contributed by atoms with Gasteiger partial charge in [-0.3, -0.25) is 9.78 Å². The molecule has 0 aliphatic heterocycles. The van der Waals surface area contributed by atoms with Gasteiger partial charge in [-0.05, 0) is 18.6 Å². The van der Waals surface area contributed by atoms with Gasteiger partial charge in [0.1, 0.15) is 5.69 Å². The maximum Gasteiger partial charge on any atom is 0.221 e. The lowest BCUT2D eigenvalue weighted by molar-refractivity contribution is -0.114. The first-order valence-electron chi connectivity index (χ1n) is 6.74. The first-order chi connectivity index (χ1) is 10.2. The molecule has 2 aromatic rings. The SMILES string of the molecule is CC(=O)Nc1cccc(-c2nccnc2NCCCO)c1. The van der Waals surface area contributed by atoms with Crippen molar-refractivity contribution in [3.8, 4) is 11.3 Å². The average molecular weight is 286 g/mol. The van der Waals surface area contributed by atoms with Gasteiger partial charge < -0.3 is 15.7 Å². The van der Waals surface area contributed by atoms with Gasteiger partial charge in [-0.2, -0.15) is 0 Å². The second-order valence-electron chi connectivity index (χ2n) is 4.52. The van der Waals surface area contributed by atoms with E-state index in [9.17, 15) is 4.79 Å². The van der Waals surface area contributed by atoms with Gasteiger partial charge in [0.15, 0.2) is 5.82 Å². The molecule has 2 rings (SSSR count). The largest absolute Gasteiger partial charge is 0.396 e. The van der Waals surface area contributed by atoms with E-state index >= 15 is 0 Å². The number of aliphatic hydroxyl groups excluding tert-OH is 1. The van der Waals surface area contributed by atoms with Crippen LogP contribution in [0.15, 0.2) is 36.7 Å². The van der Waals surface area contributed by atoms with Crippen molar-refractivity contribution in [2.45, 2.75) is 13.3 Å². The van der Waals surface area contributed by atoms with Crippen molar-refractivity contribution in [3.05, 3.63) is 36.7 Å². The smallest absolute Gasteiger partial charge is 0.221 e. The van der Waals surface area contributed by atoms with Crippen LogP contribution in [-0.4, -0.2) is 34.1 Å². The zero-order valence-electron chi connectivity index (χ0n) is 11.8. The van der Waals surface area contributed by atoms with Crippen LogP contribution in [0.2, 0.25) is 0 Å². The van der Waals surface area contributed by atoms with Gasteiger partial charge in [-0.25, -0.2) is 4.98 Å². The molecule has 1 aromatic carbocycles. The summed E-state index contributed by atoms with van der Waals surface area (Å²) in [6.07, 6.45) is 3.88. The Balaban J connectivity index is 2.26. The van der Waals surface area contributed by atoms with E-state index in [4.69, 9.17) is 5.11 Å². The highest BCUT2D eigenvalue weighted by atomic mass is 16.3. The van der Waals surface area contributed by atoms with Crippen LogP contribution < -0.4 is 10.6 Å². The van der Waals surface area contributed by atoms with Gasteiger partial charge in [0.05, 0.1) is 0 Å². The summed E-state index contributed by atoms with van der Waals surface area (Å²) in [5, 5.41) is 14.7. The molecule has 0 fully saturated rings. The van der Waals surface area contributed by atoms with Crippen molar-refractivity contribution in [1.29, 1.82) is 0 Å². The summed E-state index contributed by atoms with van der Waals surface area (Å²) < 4.78 is 0. The van der Waals surface area contributed by atoms with Crippen LogP contribution in [0.1, 0.15) is 13.3 Å². The molecule has 3 N–H and O–H groups in total. The summed E-state index contributed by atoms with van der Waals surface area (Å²) in [6, 6.07) is 7.43. The van der Waals surface area contributed by atoms with Gasteiger partial charge in [0.25, 0.3) is 0 Å². The van der Waals surface area contributed by atoms with E-state index in [1.165, 1.54) is 6.92 Å². The number of rotatable bonds is 6. The van der Waals surface area contributed by atoms with Crippen LogP contribution >= 0.6 is 0 Å². The number of amides is 1. The number of nitrogens with one attached hydrogen (secondary N) is 2. The molecule has 0 radical (unpaired) electrons. The molecule has 0 aliphatic rings. The number of carbonyl (C=O) groups excluding carboxylic acids is 1. The molecule has 110 valence electrons. The number of carbonyl (C=O) groups is 1. The van der Waals surface area contributed by atoms with Crippen LogP contribution in [-0.2, 0) is 4.79 Å². The van der Waals surface area contributed by atoms with Crippen LogP contribution in [0.5, 0.6) is 0 Å². The quantitative estimate of drug-likeness (QED) is 0.706. The Bertz CT molecular complexity index is 616. The Morgan fingerprint density at radius 1 is 1.29 bits per heavy atom. The second kappa shape index (κ2) is 7.35. The molecule has 0 saturated carbocycles. The Labute approximate surface area is 123 Å². The molecule has 1 aromatic heterocycles. The normalized spacial score (nSPS) is 10.2. The monoisotopic (exact) mass is 286 g/mol. The van der Waals surface area contributed by atoms with Crippen molar-refractivity contribution in [2.24, 2.45) is 0 Å². The van der Waals surface area contributed by atoms with Crippen molar-refractivity contribution in [2.75, 3.05) is 23.8 Å². The highest BCUT2D eigenvalue weighted by molar-refractivity contribution is 5.89. The summed E-state index contributed by atoms with van der Waals surface area (Å²) >= 11 is 0. The van der Waals surface area contributed by atoms with Gasteiger partial charge in [-0.15, -0.1) is 0 Å². The molecular weight excluding hydrogens is 268 g/mol. The van der Waals surface area contributed by atoms with Crippen molar-refractivity contribution in [1.82, 2.24) is 9.97 Å². The van der Waals surface area contributed by atoms with Crippen LogP contribution in [0, 0.1) is 0 Å². The van der Waals surface area contributed by atoms with Crippen molar-refractivity contribution >= 4 is 17.4 Å². The fourth-order valence-electron chi connectivity index (χ4n) is 1.91. The maximum absolute atomic E-state index is 11.1. The third-order valence-corrected chi connectivity index (χ3v) is 2.78. The first kappa shape index (κ1) is 14.9. The third-order valence-electron chi connectivity index (χ3n) is 2.78. The molecular formula is C15H18N4O2. The summed E-state index contributed by atoms with van der Waals surface area (Å²) in [5.74, 6) is 0.540. The molecule has 0 aliphatic carbocycles. The van der Waals surface area contributed by atoms with Crippen molar-refractivity contribution < 1.29 is 9.90 Å². The molecule has 0 atom stereocenters. The molecule has 0 bridgehead atoms. The number of benzene rings is 1. The number of anilines is 2. The molecule has 6 nitrogen and oxygen atoms in total. The van der Waals surface area contributed by atoms with Gasteiger partial charge >= 0.3 is 0 Å². The molecule has 21 heavy (non-hydrogen) atoms. The number of hydrogen-bond acceptors (Lipinski definition) is 5. The molecule has 0 spiro atoms. The number of aromatic nitrogens is 2. The van der Waals surface area contributed by atoms with E-state index in [-0.39, 0.29) is 12.5 Å². The topological polar surface area (TPSA) is 87.1 Å². The van der Waals surface area contributed by atoms with E-state index in [2.05, 4.69) is 20.6 Å². The van der Waals surface area contributed by atoms with E-state index in [0.29, 0.717) is 30.2 Å². The Hall–Kier alpha value is -2.47. The zero-order valence-corrected chi connectivity index (χ0v) is 11.8. The Morgan fingerprint density at radius 3 is 2.86 bits per heavy atom. The molecule has 0 unspecified atom stereocenters. The zero-order chi connectivity index (χ0) is 15.1. The maximum atomic E-state index is 11.1. The van der Waals surface area contributed by atoms with Crippen LogP contribution in [0.3, 0.4) is 0 Å². The minimum atomic E-state index is -0.118. The molecule has 1 amide bonds. The average Bonchev–Trinajstić information content (AvgIpc) is 2.48. The van der Waals surface area contributed by atoms with E-state index < -0.39 is 0 Å². The van der Waals surface area contributed by atoms with E-state index in [0.717, 1.165) is 5.56 Å². The highest BCUT2D eigenvalue weighted by Gasteiger charge is 2.08. The van der Waals surface area contributed by atoms with E-state index in [1.807, 2.05) is 24.3 Å². The minimum Gasteiger partial charge on any atom is -0.396 e. The lowest BCUT2D eigenvalue weighted by Crippen LogP contribution is -2.08. The van der Waals surface area contributed by atoms with Crippen molar-refractivity contribution in [3.63, 3.8) is 0 Å². The summed E-state index contributed by atoms with van der Waals surface area (Å²) in [5.41, 5.74) is 2.29. The predicted octanol–water partition coefficient (Wildman–Crippen LogP) is 1.90. The first-order valence-corrected chi connectivity index (χ1v) is 6.74. The fraction of sp³-hybridized carbons (Fsp3) is 0.267. The third kappa shape index (κ3) is 4.25. The minimum absolute atomic E-state index is 0.118. The predicted molar refractivity (Wildman–Crippen MR) is 82.0 cm³/mol. The summed E-state index contributed by atoms with van der Waals surface area (Å²) in [6.45, 7) is 2.21. The Kier molecular flexibility index (Phi) is 5.22. The summed E-state index contributed by atoms with van der Waals surface area (Å²) in [7, 11) is 0. The molecule has 1 heterocycles. The lowest BCUT2D eigenvalue weighted by atomic mass is 10.1. The highest BCUT2D eigenvalue weighted by Crippen LogP contribution is 2.25. The van der Waals surface area contributed by atoms with Gasteiger partial charge in [-0.1, -0.05) is 12.1 Å². The number of nitrogens with zero attached hydrogens (tertiary/aromatic N) is 2. The second-order valence-corrected chi connectivity index (χ2v) is 4.52. The number of hydrogen-bond donors (Lipinski definition) is 3. The van der Waals surface area contributed by atoms with Gasteiger partial charge in [0, 0.05) is 43.7 Å². The van der Waals surface area contributed by atoms with Crippen LogP contribution in [0.25, 0.3) is 11.3 Å². The lowest BCUT2D eigenvalue weighted by Gasteiger charge is -2.10. The van der Waals surface area contributed by atoms with Crippen LogP contribution in [0.4, 0.5) is 11.5 Å².